The number of benzene rings is 1. The maximum atomic E-state index is 5.66. The minimum Gasteiger partial charge on any atom is -0.487 e. The van der Waals surface area contributed by atoms with Crippen LogP contribution in [0.1, 0.15) is 0 Å². The van der Waals surface area contributed by atoms with E-state index in [2.05, 4.69) is 15.9 Å². The Morgan fingerprint density at radius 3 is 2.77 bits per heavy atom. The molecule has 4 heteroatoms. The van der Waals surface area contributed by atoms with E-state index in [0.717, 1.165) is 10.2 Å². The summed E-state index contributed by atoms with van der Waals surface area (Å²) in [6.07, 6.45) is 0. The molecule has 0 N–H and O–H groups in total. The molecule has 0 unspecified atom stereocenters. The molecule has 0 bridgehead atoms. The van der Waals surface area contributed by atoms with E-state index in [1.807, 2.05) is 24.3 Å². The average molecular weight is 282 g/mol. The largest absolute Gasteiger partial charge is 0.487 e. The highest BCUT2D eigenvalue weighted by Gasteiger charge is 1.99. The molecule has 0 spiro atoms. The van der Waals surface area contributed by atoms with Gasteiger partial charge in [0, 0.05) is 5.54 Å². The Kier molecular flexibility index (Phi) is 4.64. The maximum absolute atomic E-state index is 5.66. The lowest BCUT2D eigenvalue weighted by atomic mass is 10.3. The van der Waals surface area contributed by atoms with Crippen molar-refractivity contribution < 1.29 is 4.74 Å². The predicted molar refractivity (Wildman–Crippen MR) is 59.4 cm³/mol. The molecule has 0 atom stereocenters. The Morgan fingerprint density at radius 2 is 2.15 bits per heavy atom. The average Bonchev–Trinajstić information content (AvgIpc) is 2.16. The summed E-state index contributed by atoms with van der Waals surface area (Å²) in [7, 11) is 0. The third-order valence-electron chi connectivity index (χ3n) is 1.32. The molecule has 0 aliphatic rings. The number of hydrogen-bond donors (Lipinski definition) is 0. The zero-order valence-corrected chi connectivity index (χ0v) is 9.73. The molecule has 0 amide bonds. The predicted octanol–water partition coefficient (Wildman–Crippen LogP) is 4.15. The first-order valence-electron chi connectivity index (χ1n) is 3.56. The van der Waals surface area contributed by atoms with Crippen LogP contribution in [-0.2, 0) is 0 Å². The fourth-order valence-corrected chi connectivity index (χ4v) is 1.26. The van der Waals surface area contributed by atoms with Crippen LogP contribution in [0, 0.1) is 0 Å². The minimum absolute atomic E-state index is 0.285. The van der Waals surface area contributed by atoms with Gasteiger partial charge in [-0.15, -0.1) is 0 Å². The van der Waals surface area contributed by atoms with Crippen molar-refractivity contribution in [2.75, 3.05) is 6.61 Å². The first-order valence-corrected chi connectivity index (χ1v) is 5.17. The first-order chi connectivity index (χ1) is 6.24. The van der Waals surface area contributed by atoms with Crippen molar-refractivity contribution in [3.8, 4) is 5.75 Å². The number of ether oxygens (including phenoxy) is 1. The lowest BCUT2D eigenvalue weighted by molar-refractivity contribution is 0.357. The van der Waals surface area contributed by atoms with Crippen molar-refractivity contribution in [3.63, 3.8) is 0 Å². The van der Waals surface area contributed by atoms with E-state index in [1.54, 1.807) is 0 Å². The fraction of sp³-hybridized carbons (Fsp3) is 0.111. The van der Waals surface area contributed by atoms with Gasteiger partial charge in [0.15, 0.2) is 0 Å². The summed E-state index contributed by atoms with van der Waals surface area (Å²) < 4.78 is 6.26. The summed E-state index contributed by atoms with van der Waals surface area (Å²) in [5.74, 6) is 0.749. The second-order valence-corrected chi connectivity index (χ2v) is 3.83. The van der Waals surface area contributed by atoms with Gasteiger partial charge in [-0.3, -0.25) is 0 Å². The van der Waals surface area contributed by atoms with Crippen LogP contribution in [0.25, 0.3) is 0 Å². The van der Waals surface area contributed by atoms with Gasteiger partial charge in [-0.1, -0.05) is 35.3 Å². The summed E-state index contributed by atoms with van der Waals surface area (Å²) in [4.78, 5) is 0. The van der Waals surface area contributed by atoms with Crippen LogP contribution in [-0.4, -0.2) is 6.61 Å². The number of hydrogen-bond acceptors (Lipinski definition) is 1. The third-order valence-corrected chi connectivity index (χ3v) is 2.57. The van der Waals surface area contributed by atoms with Crippen molar-refractivity contribution >= 4 is 39.1 Å². The van der Waals surface area contributed by atoms with Crippen LogP contribution in [0.4, 0.5) is 0 Å². The van der Waals surface area contributed by atoms with Gasteiger partial charge in [0.2, 0.25) is 0 Å². The molecule has 1 aromatic rings. The van der Waals surface area contributed by atoms with Crippen molar-refractivity contribution in [2.24, 2.45) is 0 Å². The Bertz CT molecular complexity index is 312. The van der Waals surface area contributed by atoms with Gasteiger partial charge < -0.3 is 4.74 Å². The van der Waals surface area contributed by atoms with Gasteiger partial charge in [-0.25, -0.2) is 0 Å². The van der Waals surface area contributed by atoms with Crippen LogP contribution >= 0.6 is 39.1 Å². The Labute approximate surface area is 95.4 Å². The summed E-state index contributed by atoms with van der Waals surface area (Å²) in [6.45, 7) is 0.285. The second-order valence-electron chi connectivity index (χ2n) is 2.28. The molecular formula is C9H7BrCl2O. The zero-order chi connectivity index (χ0) is 9.68. The highest BCUT2D eigenvalue weighted by Crippen LogP contribution is 2.24. The molecule has 0 aliphatic carbocycles. The molecule has 0 aliphatic heterocycles. The Morgan fingerprint density at radius 1 is 1.46 bits per heavy atom. The monoisotopic (exact) mass is 280 g/mol. The van der Waals surface area contributed by atoms with Crippen LogP contribution in [0.5, 0.6) is 5.75 Å². The molecule has 0 heterocycles. The molecule has 13 heavy (non-hydrogen) atoms. The molecule has 70 valence electrons. The second kappa shape index (κ2) is 5.53. The zero-order valence-electron chi connectivity index (χ0n) is 6.64. The van der Waals surface area contributed by atoms with Crippen LogP contribution in [0.3, 0.4) is 0 Å². The van der Waals surface area contributed by atoms with Crippen LogP contribution in [0.2, 0.25) is 0 Å². The first kappa shape index (κ1) is 10.9. The molecule has 0 aromatic heterocycles. The quantitative estimate of drug-likeness (QED) is 0.809. The third kappa shape index (κ3) is 3.59. The lowest BCUT2D eigenvalue weighted by Crippen LogP contribution is -1.96. The molecule has 1 rings (SSSR count). The van der Waals surface area contributed by atoms with Gasteiger partial charge >= 0.3 is 0 Å². The molecule has 1 aromatic carbocycles. The molecule has 0 saturated carbocycles. The summed E-state index contributed by atoms with van der Waals surface area (Å²) >= 11 is 14.4. The van der Waals surface area contributed by atoms with Gasteiger partial charge in [-0.2, -0.15) is 0 Å². The SMILES string of the molecule is ClC=C(Cl)COc1ccccc1Br. The number of halogens is 3. The number of rotatable bonds is 3. The van der Waals surface area contributed by atoms with Gasteiger partial charge in [0.1, 0.15) is 12.4 Å². The van der Waals surface area contributed by atoms with Crippen molar-refractivity contribution in [2.45, 2.75) is 0 Å². The van der Waals surface area contributed by atoms with Crippen molar-refractivity contribution in [1.29, 1.82) is 0 Å². The van der Waals surface area contributed by atoms with Gasteiger partial charge in [0.25, 0.3) is 0 Å². The minimum atomic E-state index is 0.285. The van der Waals surface area contributed by atoms with Gasteiger partial charge in [-0.05, 0) is 28.1 Å². The normalized spacial score (nSPS) is 11.5. The Hall–Kier alpha value is -0.180. The molecule has 0 fully saturated rings. The van der Waals surface area contributed by atoms with E-state index < -0.39 is 0 Å². The molecular weight excluding hydrogens is 275 g/mol. The number of para-hydroxylation sites is 1. The van der Waals surface area contributed by atoms with E-state index in [0.29, 0.717) is 5.03 Å². The summed E-state index contributed by atoms with van der Waals surface area (Å²) in [6, 6.07) is 7.55. The van der Waals surface area contributed by atoms with Crippen LogP contribution in [0.15, 0.2) is 39.3 Å². The molecule has 0 radical (unpaired) electrons. The highest BCUT2D eigenvalue weighted by atomic mass is 79.9. The van der Waals surface area contributed by atoms with Crippen molar-refractivity contribution in [1.82, 2.24) is 0 Å². The van der Waals surface area contributed by atoms with Crippen LogP contribution < -0.4 is 4.74 Å². The summed E-state index contributed by atoms with van der Waals surface area (Å²) in [5.41, 5.74) is 1.29. The summed E-state index contributed by atoms with van der Waals surface area (Å²) in [5, 5.41) is 0.470. The lowest BCUT2D eigenvalue weighted by Gasteiger charge is -2.05. The smallest absolute Gasteiger partial charge is 0.134 e. The van der Waals surface area contributed by atoms with E-state index in [9.17, 15) is 0 Å². The van der Waals surface area contributed by atoms with E-state index in [-0.39, 0.29) is 6.61 Å². The molecule has 1 nitrogen and oxygen atoms in total. The molecule has 0 saturated heterocycles. The topological polar surface area (TPSA) is 9.23 Å². The standard InChI is InChI=1S/C9H7BrCl2O/c10-8-3-1-2-4-9(8)13-6-7(12)5-11/h1-5H,6H2. The van der Waals surface area contributed by atoms with Crippen molar-refractivity contribution in [3.05, 3.63) is 39.3 Å². The van der Waals surface area contributed by atoms with E-state index in [1.165, 1.54) is 5.54 Å². The Balaban J connectivity index is 2.60. The van der Waals surface area contributed by atoms with Gasteiger partial charge in [0.05, 0.1) is 9.51 Å². The highest BCUT2D eigenvalue weighted by molar-refractivity contribution is 9.10. The fourth-order valence-electron chi connectivity index (χ4n) is 0.740. The maximum Gasteiger partial charge on any atom is 0.134 e. The van der Waals surface area contributed by atoms with E-state index in [4.69, 9.17) is 27.9 Å². The van der Waals surface area contributed by atoms with E-state index >= 15 is 0 Å².